The van der Waals surface area contributed by atoms with Crippen LogP contribution in [-0.2, 0) is 16.0 Å². The molecule has 7 heteroatoms. The molecule has 2 rings (SSSR count). The van der Waals surface area contributed by atoms with Crippen molar-refractivity contribution in [1.29, 1.82) is 0 Å². The van der Waals surface area contributed by atoms with Crippen molar-refractivity contribution in [2.75, 3.05) is 66.7 Å². The van der Waals surface area contributed by atoms with Crippen LogP contribution in [0.2, 0.25) is 0 Å². The number of rotatable bonds is 13. The monoisotopic (exact) mass is 434 g/mol. The van der Waals surface area contributed by atoms with E-state index in [1.807, 2.05) is 7.05 Å². The largest absolute Gasteiger partial charge is 0.492 e. The summed E-state index contributed by atoms with van der Waals surface area (Å²) < 4.78 is 16.9. The van der Waals surface area contributed by atoms with E-state index in [9.17, 15) is 0 Å². The van der Waals surface area contributed by atoms with Crippen LogP contribution in [0.3, 0.4) is 0 Å². The first-order valence-corrected chi connectivity index (χ1v) is 11.7. The van der Waals surface area contributed by atoms with E-state index in [1.165, 1.54) is 5.56 Å². The Morgan fingerprint density at radius 2 is 1.81 bits per heavy atom. The second-order valence-electron chi connectivity index (χ2n) is 7.82. The summed E-state index contributed by atoms with van der Waals surface area (Å²) in [5, 5.41) is 3.49. The van der Waals surface area contributed by atoms with Gasteiger partial charge in [0.25, 0.3) is 0 Å². The number of piperidine rings is 1. The molecule has 0 atom stereocenters. The number of hydrogen-bond donors (Lipinski definition) is 1. The minimum atomic E-state index is 0.348. The van der Waals surface area contributed by atoms with Crippen LogP contribution in [0.15, 0.2) is 29.3 Å². The average Bonchev–Trinajstić information content (AvgIpc) is 2.82. The predicted octanol–water partition coefficient (Wildman–Crippen LogP) is 3.00. The summed E-state index contributed by atoms with van der Waals surface area (Å²) in [6, 6.07) is 8.34. The molecule has 1 N–H and O–H groups in total. The van der Waals surface area contributed by atoms with Gasteiger partial charge >= 0.3 is 0 Å². The van der Waals surface area contributed by atoms with E-state index in [0.29, 0.717) is 6.10 Å². The van der Waals surface area contributed by atoms with E-state index in [1.54, 1.807) is 7.11 Å². The number of guanidine groups is 1. The molecule has 0 bridgehead atoms. The second kappa shape index (κ2) is 15.1. The minimum absolute atomic E-state index is 0.348. The maximum absolute atomic E-state index is 5.96. The zero-order valence-corrected chi connectivity index (χ0v) is 19.9. The normalized spacial score (nSPS) is 15.5. The Labute approximate surface area is 188 Å². The highest BCUT2D eigenvalue weighted by molar-refractivity contribution is 5.79. The Balaban J connectivity index is 1.69. The molecule has 1 aliphatic heterocycles. The molecule has 0 unspecified atom stereocenters. The first-order chi connectivity index (χ1) is 15.2. The molecular formula is C24H42N4O3. The maximum atomic E-state index is 5.96. The summed E-state index contributed by atoms with van der Waals surface area (Å²) in [6.45, 7) is 12.4. The van der Waals surface area contributed by atoms with Crippen LogP contribution in [0.25, 0.3) is 0 Å². The van der Waals surface area contributed by atoms with Crippen molar-refractivity contribution in [3.8, 4) is 5.75 Å². The fraction of sp³-hybridized carbons (Fsp3) is 0.708. The average molecular weight is 435 g/mol. The lowest BCUT2D eigenvalue weighted by Crippen LogP contribution is -2.46. The van der Waals surface area contributed by atoms with E-state index in [4.69, 9.17) is 14.2 Å². The van der Waals surface area contributed by atoms with Crippen molar-refractivity contribution in [3.63, 3.8) is 0 Å². The van der Waals surface area contributed by atoms with Gasteiger partial charge in [-0.2, -0.15) is 0 Å². The second-order valence-corrected chi connectivity index (χ2v) is 7.82. The van der Waals surface area contributed by atoms with Crippen molar-refractivity contribution < 1.29 is 14.2 Å². The molecule has 1 heterocycles. The summed E-state index contributed by atoms with van der Waals surface area (Å²) in [7, 11) is 3.58. The summed E-state index contributed by atoms with van der Waals surface area (Å²) in [5.74, 6) is 1.88. The van der Waals surface area contributed by atoms with Gasteiger partial charge in [-0.05, 0) is 50.0 Å². The van der Waals surface area contributed by atoms with E-state index < -0.39 is 0 Å². The van der Waals surface area contributed by atoms with E-state index >= 15 is 0 Å². The zero-order valence-electron chi connectivity index (χ0n) is 19.9. The molecule has 1 fully saturated rings. The number of methoxy groups -OCH3 is 1. The minimum Gasteiger partial charge on any atom is -0.492 e. The summed E-state index contributed by atoms with van der Waals surface area (Å²) >= 11 is 0. The molecule has 176 valence electrons. The molecule has 1 aromatic carbocycles. The quantitative estimate of drug-likeness (QED) is 0.293. The van der Waals surface area contributed by atoms with Gasteiger partial charge in [-0.15, -0.1) is 0 Å². The van der Waals surface area contributed by atoms with Crippen molar-refractivity contribution in [1.82, 2.24) is 15.1 Å². The topological polar surface area (TPSA) is 58.6 Å². The third kappa shape index (κ3) is 9.46. The molecular weight excluding hydrogens is 392 g/mol. The highest BCUT2D eigenvalue weighted by Gasteiger charge is 2.21. The molecule has 7 nitrogen and oxygen atoms in total. The molecule has 31 heavy (non-hydrogen) atoms. The highest BCUT2D eigenvalue weighted by Crippen LogP contribution is 2.15. The highest BCUT2D eigenvalue weighted by atomic mass is 16.5. The third-order valence-corrected chi connectivity index (χ3v) is 5.74. The molecule has 0 radical (unpaired) electrons. The molecule has 1 saturated heterocycles. The van der Waals surface area contributed by atoms with Gasteiger partial charge in [-0.1, -0.05) is 26.0 Å². The van der Waals surface area contributed by atoms with Gasteiger partial charge in [0.15, 0.2) is 5.96 Å². The van der Waals surface area contributed by atoms with E-state index in [0.717, 1.165) is 90.1 Å². The van der Waals surface area contributed by atoms with Crippen LogP contribution >= 0.6 is 0 Å². The molecule has 0 aliphatic carbocycles. The van der Waals surface area contributed by atoms with Crippen molar-refractivity contribution in [2.45, 2.75) is 45.8 Å². The van der Waals surface area contributed by atoms with Gasteiger partial charge in [-0.3, -0.25) is 4.99 Å². The SMILES string of the molecule is CCN(CC)CCOc1ccc(CNC(=NC)N2CCC(OCCCOC)CC2)cc1. The third-order valence-electron chi connectivity index (χ3n) is 5.74. The Morgan fingerprint density at radius 3 is 2.42 bits per heavy atom. The van der Waals surface area contributed by atoms with E-state index in [2.05, 4.69) is 58.2 Å². The first kappa shape index (κ1) is 25.4. The maximum Gasteiger partial charge on any atom is 0.193 e. The molecule has 0 amide bonds. The van der Waals surface area contributed by atoms with E-state index in [-0.39, 0.29) is 0 Å². The molecule has 0 saturated carbocycles. The molecule has 0 spiro atoms. The Hall–Kier alpha value is -1.83. The number of benzene rings is 1. The van der Waals surface area contributed by atoms with Crippen LogP contribution < -0.4 is 10.1 Å². The fourth-order valence-corrected chi connectivity index (χ4v) is 3.74. The van der Waals surface area contributed by atoms with Gasteiger partial charge < -0.3 is 29.3 Å². The lowest BCUT2D eigenvalue weighted by molar-refractivity contribution is 0.00989. The van der Waals surface area contributed by atoms with Crippen molar-refractivity contribution in [3.05, 3.63) is 29.8 Å². The number of hydrogen-bond acceptors (Lipinski definition) is 5. The zero-order chi connectivity index (χ0) is 22.3. The van der Waals surface area contributed by atoms with Crippen LogP contribution in [0.5, 0.6) is 5.75 Å². The van der Waals surface area contributed by atoms with Crippen molar-refractivity contribution >= 4 is 5.96 Å². The lowest BCUT2D eigenvalue weighted by atomic mass is 10.1. The van der Waals surface area contributed by atoms with Crippen LogP contribution in [0.1, 0.15) is 38.7 Å². The molecule has 0 aromatic heterocycles. The molecule has 1 aliphatic rings. The number of nitrogens with zero attached hydrogens (tertiary/aromatic N) is 3. The van der Waals surface area contributed by atoms with Gasteiger partial charge in [0.1, 0.15) is 12.4 Å². The van der Waals surface area contributed by atoms with Gasteiger partial charge in [-0.25, -0.2) is 0 Å². The fourth-order valence-electron chi connectivity index (χ4n) is 3.74. The van der Waals surface area contributed by atoms with Crippen LogP contribution in [0.4, 0.5) is 0 Å². The van der Waals surface area contributed by atoms with Crippen LogP contribution in [-0.4, -0.2) is 88.6 Å². The lowest BCUT2D eigenvalue weighted by Gasteiger charge is -2.34. The Morgan fingerprint density at radius 1 is 1.10 bits per heavy atom. The predicted molar refractivity (Wildman–Crippen MR) is 127 cm³/mol. The van der Waals surface area contributed by atoms with Crippen LogP contribution in [0, 0.1) is 0 Å². The number of nitrogens with one attached hydrogen (secondary N) is 1. The van der Waals surface area contributed by atoms with Gasteiger partial charge in [0.2, 0.25) is 0 Å². The Kier molecular flexibility index (Phi) is 12.3. The van der Waals surface area contributed by atoms with Gasteiger partial charge in [0.05, 0.1) is 6.10 Å². The summed E-state index contributed by atoms with van der Waals surface area (Å²) in [5.41, 5.74) is 1.22. The Bertz CT molecular complexity index is 612. The summed E-state index contributed by atoms with van der Waals surface area (Å²) in [6.07, 6.45) is 3.38. The standard InChI is InChI=1S/C24H42N4O3/c1-5-27(6-2)16-19-31-22-10-8-21(9-11-22)20-26-24(25-3)28-14-12-23(13-15-28)30-18-7-17-29-4/h8-11,23H,5-7,12-20H2,1-4H3,(H,25,26). The number of ether oxygens (including phenoxy) is 3. The number of likely N-dealkylation sites (tertiary alicyclic amines) is 1. The number of aliphatic imine (C=N–C) groups is 1. The van der Waals surface area contributed by atoms with Gasteiger partial charge in [0, 0.05) is 53.6 Å². The number of likely N-dealkylation sites (N-methyl/N-ethyl adjacent to an activating group) is 1. The molecule has 1 aromatic rings. The summed E-state index contributed by atoms with van der Waals surface area (Å²) in [4.78, 5) is 9.15. The van der Waals surface area contributed by atoms with Crippen molar-refractivity contribution in [2.24, 2.45) is 4.99 Å². The smallest absolute Gasteiger partial charge is 0.193 e. The first-order valence-electron chi connectivity index (χ1n) is 11.7.